The first-order valence-electron chi connectivity index (χ1n) is 3.46. The molecule has 0 aliphatic heterocycles. The Bertz CT molecular complexity index is 28.1. The number of nitrogens with one attached hydrogen (secondary N) is 1. The van der Waals surface area contributed by atoms with Gasteiger partial charge in [0.25, 0.3) is 0 Å². The van der Waals surface area contributed by atoms with Crippen molar-refractivity contribution < 1.29 is 4.74 Å². The minimum atomic E-state index is 0.889. The zero-order valence-electron chi connectivity index (χ0n) is 7.03. The van der Waals surface area contributed by atoms with Crippen molar-refractivity contribution in [3.05, 3.63) is 0 Å². The maximum Gasteiger partial charge on any atom is 0.0459 e. The van der Waals surface area contributed by atoms with E-state index in [1.807, 2.05) is 7.05 Å². The Labute approximate surface area is 58.6 Å². The third-order valence-electron chi connectivity index (χ3n) is 0.762. The van der Waals surface area contributed by atoms with Gasteiger partial charge < -0.3 is 10.1 Å². The number of methoxy groups -OCH3 is 1. The van der Waals surface area contributed by atoms with Crippen LogP contribution in [0.2, 0.25) is 0 Å². The Morgan fingerprint density at radius 2 is 1.78 bits per heavy atom. The van der Waals surface area contributed by atoms with E-state index in [4.69, 9.17) is 4.74 Å². The van der Waals surface area contributed by atoms with Crippen LogP contribution in [0, 0.1) is 0 Å². The molecule has 0 rings (SSSR count). The summed E-state index contributed by atoms with van der Waals surface area (Å²) in [5.74, 6) is 0. The minimum Gasteiger partial charge on any atom is -0.385 e. The molecular formula is C7H19NO. The van der Waals surface area contributed by atoms with Gasteiger partial charge in [-0.2, -0.15) is 0 Å². The summed E-state index contributed by atoms with van der Waals surface area (Å²) in [5.41, 5.74) is 0. The monoisotopic (exact) mass is 133 g/mol. The molecule has 0 spiro atoms. The third kappa shape index (κ3) is 32.6. The van der Waals surface area contributed by atoms with Crippen LogP contribution in [0.3, 0.4) is 0 Å². The minimum absolute atomic E-state index is 0.889. The highest BCUT2D eigenvalue weighted by Gasteiger charge is 1.66. The molecule has 0 saturated heterocycles. The number of hydrogen-bond donors (Lipinski definition) is 1. The molecule has 0 aliphatic carbocycles. The predicted octanol–water partition coefficient (Wildman–Crippen LogP) is 1.27. The molecule has 0 aliphatic rings. The highest BCUT2D eigenvalue weighted by Crippen LogP contribution is 1.70. The standard InChI is InChI=1S/C4H10O.C3H9N/c1-3-4-5-2;1-3-4-2/h3-4H2,1-2H3;4H,3H2,1-2H3. The van der Waals surface area contributed by atoms with Gasteiger partial charge in [0.15, 0.2) is 0 Å². The van der Waals surface area contributed by atoms with Gasteiger partial charge in [0.05, 0.1) is 0 Å². The summed E-state index contributed by atoms with van der Waals surface area (Å²) >= 11 is 0. The first-order valence-corrected chi connectivity index (χ1v) is 3.46. The fourth-order valence-corrected chi connectivity index (χ4v) is 0.204. The van der Waals surface area contributed by atoms with E-state index in [9.17, 15) is 0 Å². The van der Waals surface area contributed by atoms with Crippen LogP contribution in [-0.2, 0) is 4.74 Å². The van der Waals surface area contributed by atoms with Gasteiger partial charge in [-0.25, -0.2) is 0 Å². The summed E-state index contributed by atoms with van der Waals surface area (Å²) in [6.45, 7) is 6.11. The Hall–Kier alpha value is -0.0800. The van der Waals surface area contributed by atoms with E-state index in [1.165, 1.54) is 0 Å². The molecule has 0 atom stereocenters. The largest absolute Gasteiger partial charge is 0.385 e. The average Bonchev–Trinajstić information content (AvgIpc) is 1.91. The molecule has 0 aromatic carbocycles. The van der Waals surface area contributed by atoms with Gasteiger partial charge in [0.2, 0.25) is 0 Å². The summed E-state index contributed by atoms with van der Waals surface area (Å²) < 4.78 is 4.69. The van der Waals surface area contributed by atoms with E-state index < -0.39 is 0 Å². The molecule has 9 heavy (non-hydrogen) atoms. The molecule has 0 heterocycles. The van der Waals surface area contributed by atoms with E-state index in [0.717, 1.165) is 19.6 Å². The van der Waals surface area contributed by atoms with Gasteiger partial charge in [-0.05, 0) is 20.0 Å². The van der Waals surface area contributed by atoms with Crippen LogP contribution in [0.1, 0.15) is 20.3 Å². The lowest BCUT2D eigenvalue weighted by Gasteiger charge is -1.84. The summed E-state index contributed by atoms with van der Waals surface area (Å²) in [4.78, 5) is 0. The number of rotatable bonds is 3. The lowest BCUT2D eigenvalue weighted by Crippen LogP contribution is -2.01. The summed E-state index contributed by atoms with van der Waals surface area (Å²) in [6.07, 6.45) is 1.12. The molecule has 0 aromatic heterocycles. The Kier molecular flexibility index (Phi) is 20.3. The molecule has 0 aromatic rings. The number of hydrogen-bond acceptors (Lipinski definition) is 2. The Morgan fingerprint density at radius 3 is 1.78 bits per heavy atom. The molecule has 0 fully saturated rings. The fourth-order valence-electron chi connectivity index (χ4n) is 0.204. The summed E-state index contributed by atoms with van der Waals surface area (Å²) in [5, 5.41) is 2.93. The average molecular weight is 133 g/mol. The first-order chi connectivity index (χ1) is 4.33. The fraction of sp³-hybridized carbons (Fsp3) is 1.00. The zero-order chi connectivity index (χ0) is 7.54. The van der Waals surface area contributed by atoms with Gasteiger partial charge >= 0.3 is 0 Å². The lowest BCUT2D eigenvalue weighted by molar-refractivity contribution is 0.199. The quantitative estimate of drug-likeness (QED) is 0.626. The van der Waals surface area contributed by atoms with Crippen molar-refractivity contribution in [2.45, 2.75) is 20.3 Å². The molecular weight excluding hydrogens is 114 g/mol. The smallest absolute Gasteiger partial charge is 0.0459 e. The second-order valence-electron chi connectivity index (χ2n) is 1.70. The second kappa shape index (κ2) is 15.7. The van der Waals surface area contributed by atoms with Crippen LogP contribution in [0.4, 0.5) is 0 Å². The van der Waals surface area contributed by atoms with E-state index >= 15 is 0 Å². The maximum absolute atomic E-state index is 4.69. The van der Waals surface area contributed by atoms with E-state index in [-0.39, 0.29) is 0 Å². The van der Waals surface area contributed by atoms with Crippen LogP contribution in [-0.4, -0.2) is 27.3 Å². The van der Waals surface area contributed by atoms with E-state index in [2.05, 4.69) is 19.2 Å². The summed E-state index contributed by atoms with van der Waals surface area (Å²) in [6, 6.07) is 0. The van der Waals surface area contributed by atoms with Crippen molar-refractivity contribution in [3.63, 3.8) is 0 Å². The summed E-state index contributed by atoms with van der Waals surface area (Å²) in [7, 11) is 3.64. The van der Waals surface area contributed by atoms with E-state index in [1.54, 1.807) is 7.11 Å². The predicted molar refractivity (Wildman–Crippen MR) is 41.8 cm³/mol. The van der Waals surface area contributed by atoms with Crippen LogP contribution >= 0.6 is 0 Å². The molecule has 0 unspecified atom stereocenters. The van der Waals surface area contributed by atoms with Crippen molar-refractivity contribution in [2.24, 2.45) is 0 Å². The highest BCUT2D eigenvalue weighted by molar-refractivity contribution is 4.15. The maximum atomic E-state index is 4.69. The SMILES string of the molecule is CCCOC.CCNC. The topological polar surface area (TPSA) is 21.3 Å². The molecule has 0 saturated carbocycles. The van der Waals surface area contributed by atoms with Crippen molar-refractivity contribution in [1.82, 2.24) is 5.32 Å². The molecule has 2 nitrogen and oxygen atoms in total. The third-order valence-corrected chi connectivity index (χ3v) is 0.762. The van der Waals surface area contributed by atoms with Crippen molar-refractivity contribution in [3.8, 4) is 0 Å². The van der Waals surface area contributed by atoms with Gasteiger partial charge in [-0.1, -0.05) is 13.8 Å². The molecule has 2 heteroatoms. The first kappa shape index (κ1) is 11.7. The Morgan fingerprint density at radius 1 is 1.33 bits per heavy atom. The van der Waals surface area contributed by atoms with Gasteiger partial charge in [0.1, 0.15) is 0 Å². The number of ether oxygens (including phenoxy) is 1. The van der Waals surface area contributed by atoms with Crippen molar-refractivity contribution in [2.75, 3.05) is 27.3 Å². The molecule has 0 amide bonds. The van der Waals surface area contributed by atoms with Gasteiger partial charge in [-0.15, -0.1) is 0 Å². The van der Waals surface area contributed by atoms with E-state index in [0.29, 0.717) is 0 Å². The molecule has 0 radical (unpaired) electrons. The zero-order valence-corrected chi connectivity index (χ0v) is 7.03. The second-order valence-corrected chi connectivity index (χ2v) is 1.70. The lowest BCUT2D eigenvalue weighted by atomic mass is 10.5. The van der Waals surface area contributed by atoms with Crippen molar-refractivity contribution in [1.29, 1.82) is 0 Å². The van der Waals surface area contributed by atoms with Crippen LogP contribution in [0.5, 0.6) is 0 Å². The molecule has 0 bridgehead atoms. The molecule has 1 N–H and O–H groups in total. The van der Waals surface area contributed by atoms with Gasteiger partial charge in [-0.3, -0.25) is 0 Å². The van der Waals surface area contributed by atoms with Crippen LogP contribution < -0.4 is 5.32 Å². The normalized spacial score (nSPS) is 8.00. The molecule has 58 valence electrons. The Balaban J connectivity index is 0. The van der Waals surface area contributed by atoms with Gasteiger partial charge in [0, 0.05) is 13.7 Å². The highest BCUT2D eigenvalue weighted by atomic mass is 16.5. The van der Waals surface area contributed by atoms with Crippen LogP contribution in [0.15, 0.2) is 0 Å². The van der Waals surface area contributed by atoms with Crippen molar-refractivity contribution >= 4 is 0 Å². The van der Waals surface area contributed by atoms with Crippen LogP contribution in [0.25, 0.3) is 0 Å².